The number of halogens is 2. The van der Waals surface area contributed by atoms with Crippen LogP contribution in [0.25, 0.3) is 11.6 Å². The maximum atomic E-state index is 8.46. The quantitative estimate of drug-likeness (QED) is 0.117. The van der Waals surface area contributed by atoms with Crippen molar-refractivity contribution >= 4 is 51.0 Å². The second-order valence-corrected chi connectivity index (χ2v) is 29.1. The summed E-state index contributed by atoms with van der Waals surface area (Å²) < 4.78 is -1.07. The van der Waals surface area contributed by atoms with Gasteiger partial charge in [-0.3, -0.25) is 0 Å². The molecule has 0 aliphatic heterocycles. The number of hydrogen-bond donors (Lipinski definition) is 0. The summed E-state index contributed by atoms with van der Waals surface area (Å²) in [6, 6.07) is 20.4. The number of alkyl halides is 2. The van der Waals surface area contributed by atoms with E-state index in [-0.39, 0.29) is 31.7 Å². The molecule has 3 unspecified atom stereocenters. The first-order valence-corrected chi connectivity index (χ1v) is 24.9. The summed E-state index contributed by atoms with van der Waals surface area (Å²) in [7, 11) is -4.06. The van der Waals surface area contributed by atoms with Gasteiger partial charge in [0.2, 0.25) is 0 Å². The molecule has 1 fully saturated rings. The molecule has 3 atom stereocenters. The minimum atomic E-state index is -2.59. The van der Waals surface area contributed by atoms with Crippen LogP contribution in [0.2, 0.25) is 38.3 Å². The van der Waals surface area contributed by atoms with Gasteiger partial charge in [-0.1, -0.05) is 177 Å². The minimum Gasteiger partial charge on any atom is -0.412 e. The molecule has 2 N–H and O–H groups in total. The fourth-order valence-electron chi connectivity index (χ4n) is 8.69. The van der Waals surface area contributed by atoms with E-state index in [1.807, 2.05) is 0 Å². The SMILES string of the molecule is CC(C)(C)CCCCCC[Si](C)(C1(Cl)C=C(CC2CCCCC2)c2ccccc21)C1(Cl)C(C[Si](C)(C)C)=Cc2ccccc21.O.[Zr]. The minimum absolute atomic E-state index is 0. The zero-order chi connectivity index (χ0) is 31.8. The molecule has 2 aromatic rings. The molecule has 252 valence electrons. The van der Waals surface area contributed by atoms with Gasteiger partial charge < -0.3 is 5.48 Å². The molecule has 46 heavy (non-hydrogen) atoms. The normalized spacial score (nSPS) is 24.2. The average Bonchev–Trinajstić information content (AvgIpc) is 3.41. The molecule has 0 heterocycles. The van der Waals surface area contributed by atoms with Crippen molar-refractivity contribution in [1.82, 2.24) is 0 Å². The summed E-state index contributed by atoms with van der Waals surface area (Å²) in [5.74, 6) is 0.775. The molecule has 2 aromatic carbocycles. The van der Waals surface area contributed by atoms with Crippen LogP contribution in [-0.4, -0.2) is 21.6 Å². The summed E-state index contributed by atoms with van der Waals surface area (Å²) in [6.45, 7) is 17.2. The molecule has 6 heteroatoms. The summed E-state index contributed by atoms with van der Waals surface area (Å²) in [4.78, 5) is 0. The van der Waals surface area contributed by atoms with Crippen LogP contribution in [0, 0.1) is 11.3 Å². The van der Waals surface area contributed by atoms with Crippen molar-refractivity contribution in [2.45, 2.75) is 139 Å². The van der Waals surface area contributed by atoms with Gasteiger partial charge in [0.25, 0.3) is 0 Å². The van der Waals surface area contributed by atoms with E-state index in [0.717, 1.165) is 24.4 Å². The third-order valence-electron chi connectivity index (χ3n) is 11.0. The fraction of sp³-hybridized carbons (Fsp3) is 0.600. The van der Waals surface area contributed by atoms with Gasteiger partial charge in [0.05, 0.1) is 8.99 Å². The number of benzene rings is 2. The molecule has 0 saturated heterocycles. The first-order chi connectivity index (χ1) is 20.7. The zero-order valence-corrected chi connectivity index (χ0v) is 35.8. The maximum Gasteiger partial charge on any atom is 0.119 e. The second kappa shape index (κ2) is 15.8. The Bertz CT molecular complexity index is 1390. The number of hydrogen-bond acceptors (Lipinski definition) is 0. The van der Waals surface area contributed by atoms with Crippen LogP contribution in [-0.2, 0) is 35.2 Å². The molecule has 0 amide bonds. The van der Waals surface area contributed by atoms with Gasteiger partial charge in [-0.2, -0.15) is 0 Å². The third kappa shape index (κ3) is 8.21. The van der Waals surface area contributed by atoms with Gasteiger partial charge in [0.15, 0.2) is 0 Å². The first kappa shape index (κ1) is 40.2. The third-order valence-corrected chi connectivity index (χ3v) is 21.2. The molecule has 3 aliphatic rings. The molecular weight excluding hydrogens is 715 g/mol. The maximum absolute atomic E-state index is 8.46. The number of rotatable bonds is 12. The van der Waals surface area contributed by atoms with Gasteiger partial charge in [0.1, 0.15) is 8.07 Å². The van der Waals surface area contributed by atoms with E-state index in [1.54, 1.807) is 0 Å². The van der Waals surface area contributed by atoms with Gasteiger partial charge in [0, 0.05) is 34.3 Å². The largest absolute Gasteiger partial charge is 0.412 e. The van der Waals surface area contributed by atoms with E-state index in [2.05, 4.69) is 108 Å². The van der Waals surface area contributed by atoms with Crippen LogP contribution < -0.4 is 0 Å². The Labute approximate surface area is 312 Å². The van der Waals surface area contributed by atoms with Crippen molar-refractivity contribution in [1.29, 1.82) is 0 Å². The second-order valence-electron chi connectivity index (χ2n) is 17.1. The van der Waals surface area contributed by atoms with E-state index < -0.39 is 25.1 Å². The van der Waals surface area contributed by atoms with Crippen LogP contribution >= 0.6 is 23.2 Å². The van der Waals surface area contributed by atoms with Crippen molar-refractivity contribution in [2.75, 3.05) is 0 Å². The zero-order valence-electron chi connectivity index (χ0n) is 29.8. The Balaban J connectivity index is 0.00000288. The van der Waals surface area contributed by atoms with E-state index in [9.17, 15) is 0 Å². The molecule has 0 bridgehead atoms. The van der Waals surface area contributed by atoms with E-state index in [4.69, 9.17) is 23.2 Å². The molecule has 5 rings (SSSR count). The summed E-state index contributed by atoms with van der Waals surface area (Å²) in [6.07, 6.45) is 19.4. The fourth-order valence-corrected chi connectivity index (χ4v) is 17.8. The average molecular weight is 775 g/mol. The summed E-state index contributed by atoms with van der Waals surface area (Å²) in [5, 5.41) is 0. The van der Waals surface area contributed by atoms with Gasteiger partial charge in [-0.05, 0) is 58.0 Å². The van der Waals surface area contributed by atoms with Crippen LogP contribution in [0.3, 0.4) is 0 Å². The van der Waals surface area contributed by atoms with Crippen LogP contribution in [0.5, 0.6) is 0 Å². The van der Waals surface area contributed by atoms with Crippen molar-refractivity contribution in [3.05, 3.63) is 82.4 Å². The number of unbranched alkanes of at least 4 members (excludes halogenated alkanes) is 3. The predicted octanol–water partition coefficient (Wildman–Crippen LogP) is 12.7. The first-order valence-electron chi connectivity index (χ1n) is 17.7. The van der Waals surface area contributed by atoms with Gasteiger partial charge in [-0.15, -0.1) is 23.2 Å². The number of fused-ring (bicyclic) bond motifs is 2. The van der Waals surface area contributed by atoms with E-state index in [0.29, 0.717) is 5.41 Å². The standard InChI is InChI=1S/C40H58Cl2Si2.H2O.Zr/c1-38(2,3)25-17-8-9-18-26-44(7,40(42)34(30-43(4,5)6)28-32-21-13-15-23-36(32)40)39(41)29-33(27-31-19-11-10-12-20-31)35-22-14-16-24-37(35)39;;/h13-16,21-24,28-29,31H,8-12,17-20,25-27,30H2,1-7H3;1H2;. The summed E-state index contributed by atoms with van der Waals surface area (Å²) in [5.41, 5.74) is 8.73. The molecule has 0 spiro atoms. The van der Waals surface area contributed by atoms with Crippen molar-refractivity contribution in [2.24, 2.45) is 11.3 Å². The predicted molar refractivity (Wildman–Crippen MR) is 206 cm³/mol. The molecule has 0 radical (unpaired) electrons. The Kier molecular flexibility index (Phi) is 13.8. The molecule has 1 nitrogen and oxygen atoms in total. The smallest absolute Gasteiger partial charge is 0.119 e. The monoisotopic (exact) mass is 772 g/mol. The Morgan fingerprint density at radius 1 is 0.804 bits per heavy atom. The summed E-state index contributed by atoms with van der Waals surface area (Å²) >= 11 is 16.8. The van der Waals surface area contributed by atoms with Gasteiger partial charge >= 0.3 is 0 Å². The molecular formula is C40H60Cl2OSi2Zr. The van der Waals surface area contributed by atoms with E-state index in [1.165, 1.54) is 97.6 Å². The Morgan fingerprint density at radius 2 is 1.41 bits per heavy atom. The Hall–Kier alpha value is -0.223. The molecule has 3 aliphatic carbocycles. The van der Waals surface area contributed by atoms with E-state index >= 15 is 0 Å². The van der Waals surface area contributed by atoms with Crippen molar-refractivity contribution < 1.29 is 31.7 Å². The molecule has 0 aromatic heterocycles. The molecule has 1 saturated carbocycles. The van der Waals surface area contributed by atoms with Crippen LogP contribution in [0.15, 0.2) is 60.2 Å². The number of allylic oxidation sites excluding steroid dienone is 3. The van der Waals surface area contributed by atoms with Crippen LogP contribution in [0.1, 0.15) is 114 Å². The van der Waals surface area contributed by atoms with Crippen LogP contribution in [0.4, 0.5) is 0 Å². The Morgan fingerprint density at radius 3 is 2.07 bits per heavy atom. The van der Waals surface area contributed by atoms with Gasteiger partial charge in [-0.25, -0.2) is 0 Å². The van der Waals surface area contributed by atoms with Crippen molar-refractivity contribution in [3.8, 4) is 0 Å². The topological polar surface area (TPSA) is 31.5 Å². The van der Waals surface area contributed by atoms with Crippen molar-refractivity contribution in [3.63, 3.8) is 0 Å².